The molecule has 0 unspecified atom stereocenters. The summed E-state index contributed by atoms with van der Waals surface area (Å²) in [6, 6.07) is 17.0. The third-order valence-electron chi connectivity index (χ3n) is 5.84. The number of rotatable bonds is 7. The van der Waals surface area contributed by atoms with Crippen molar-refractivity contribution in [1.29, 1.82) is 0 Å². The Balaban J connectivity index is 1.54. The Morgan fingerprint density at radius 2 is 1.79 bits per heavy atom. The summed E-state index contributed by atoms with van der Waals surface area (Å²) in [7, 11) is 1.61. The number of likely N-dealkylation sites (tertiary alicyclic amines) is 1. The van der Waals surface area contributed by atoms with Crippen molar-refractivity contribution in [2.75, 3.05) is 33.4 Å². The minimum atomic E-state index is -0.0892. The van der Waals surface area contributed by atoms with Crippen molar-refractivity contribution in [3.8, 4) is 16.9 Å². The van der Waals surface area contributed by atoms with Gasteiger partial charge in [-0.15, -0.1) is 0 Å². The molecule has 1 saturated heterocycles. The molecule has 3 aromatic rings. The SMILES string of the molecule is COCCNC(=O)C1CCN(C(=O)c2cn(-c3ccccc3)nc2-c2ccc(Cl)cc2)CC1. The van der Waals surface area contributed by atoms with E-state index in [-0.39, 0.29) is 17.7 Å². The number of nitrogens with zero attached hydrogens (tertiary/aromatic N) is 3. The maximum Gasteiger partial charge on any atom is 0.257 e. The fraction of sp³-hybridized carbons (Fsp3) is 0.320. The smallest absolute Gasteiger partial charge is 0.257 e. The van der Waals surface area contributed by atoms with Crippen molar-refractivity contribution in [3.05, 3.63) is 71.4 Å². The van der Waals surface area contributed by atoms with Crippen LogP contribution in [0.25, 0.3) is 16.9 Å². The van der Waals surface area contributed by atoms with Crippen LogP contribution in [0.15, 0.2) is 60.8 Å². The number of halogens is 1. The third-order valence-corrected chi connectivity index (χ3v) is 6.09. The first kappa shape index (κ1) is 23.0. The number of carbonyl (C=O) groups excluding carboxylic acids is 2. The quantitative estimate of drug-likeness (QED) is 0.537. The van der Waals surface area contributed by atoms with Gasteiger partial charge in [-0.2, -0.15) is 5.10 Å². The van der Waals surface area contributed by atoms with Crippen molar-refractivity contribution in [2.45, 2.75) is 12.8 Å². The Morgan fingerprint density at radius 3 is 2.45 bits per heavy atom. The lowest BCUT2D eigenvalue weighted by molar-refractivity contribution is -0.126. The number of nitrogens with one attached hydrogen (secondary N) is 1. The molecule has 172 valence electrons. The van der Waals surface area contributed by atoms with Crippen LogP contribution < -0.4 is 5.32 Å². The summed E-state index contributed by atoms with van der Waals surface area (Å²) < 4.78 is 6.71. The molecule has 7 nitrogen and oxygen atoms in total. The van der Waals surface area contributed by atoms with Crippen molar-refractivity contribution in [1.82, 2.24) is 20.0 Å². The molecule has 2 amide bonds. The van der Waals surface area contributed by atoms with E-state index in [0.29, 0.717) is 55.4 Å². The molecule has 0 spiro atoms. The summed E-state index contributed by atoms with van der Waals surface area (Å²) in [5.74, 6) is -0.146. The molecule has 1 aliphatic rings. The van der Waals surface area contributed by atoms with Crippen LogP contribution in [0, 0.1) is 5.92 Å². The van der Waals surface area contributed by atoms with Crippen LogP contribution >= 0.6 is 11.6 Å². The second kappa shape index (κ2) is 10.6. The zero-order valence-electron chi connectivity index (χ0n) is 18.5. The molecule has 2 aromatic carbocycles. The van der Waals surface area contributed by atoms with Gasteiger partial charge in [0.15, 0.2) is 0 Å². The lowest BCUT2D eigenvalue weighted by Crippen LogP contribution is -2.43. The second-order valence-electron chi connectivity index (χ2n) is 8.03. The summed E-state index contributed by atoms with van der Waals surface area (Å²) in [5, 5.41) is 8.25. The molecule has 8 heteroatoms. The molecule has 1 aliphatic heterocycles. The second-order valence-corrected chi connectivity index (χ2v) is 8.47. The number of hydrogen-bond donors (Lipinski definition) is 1. The summed E-state index contributed by atoms with van der Waals surface area (Å²) in [6.45, 7) is 2.04. The fourth-order valence-corrected chi connectivity index (χ4v) is 4.13. The summed E-state index contributed by atoms with van der Waals surface area (Å²) in [5.41, 5.74) is 2.84. The maximum absolute atomic E-state index is 13.5. The lowest BCUT2D eigenvalue weighted by atomic mass is 9.95. The zero-order chi connectivity index (χ0) is 23.2. The van der Waals surface area contributed by atoms with E-state index in [1.807, 2.05) is 47.4 Å². The van der Waals surface area contributed by atoms with Gasteiger partial charge in [0.25, 0.3) is 5.91 Å². The van der Waals surface area contributed by atoms with Crippen molar-refractivity contribution < 1.29 is 14.3 Å². The van der Waals surface area contributed by atoms with Crippen molar-refractivity contribution in [2.24, 2.45) is 5.92 Å². The number of hydrogen-bond acceptors (Lipinski definition) is 4. The molecule has 4 rings (SSSR count). The van der Waals surface area contributed by atoms with Gasteiger partial charge in [0, 0.05) is 49.4 Å². The number of piperidine rings is 1. The average Bonchev–Trinajstić information content (AvgIpc) is 3.30. The first-order chi connectivity index (χ1) is 16.1. The van der Waals surface area contributed by atoms with E-state index in [2.05, 4.69) is 5.32 Å². The molecule has 33 heavy (non-hydrogen) atoms. The first-order valence-corrected chi connectivity index (χ1v) is 11.4. The molecule has 0 atom stereocenters. The Kier molecular flexibility index (Phi) is 7.42. The van der Waals surface area contributed by atoms with E-state index in [4.69, 9.17) is 21.4 Å². The lowest BCUT2D eigenvalue weighted by Gasteiger charge is -2.31. The first-order valence-electron chi connectivity index (χ1n) is 11.0. The standard InChI is InChI=1S/C25H27ClN4O3/c1-33-16-13-27-24(31)19-11-14-29(15-12-19)25(32)22-17-30(21-5-3-2-4-6-21)28-23(22)18-7-9-20(26)10-8-18/h2-10,17,19H,11-16H2,1H3,(H,27,31). The minimum absolute atomic E-state index is 0.0258. The molecule has 1 aromatic heterocycles. The number of methoxy groups -OCH3 is 1. The topological polar surface area (TPSA) is 76.5 Å². The van der Waals surface area contributed by atoms with Gasteiger partial charge in [-0.3, -0.25) is 9.59 Å². The molecule has 0 aliphatic carbocycles. The molecule has 0 saturated carbocycles. The van der Waals surface area contributed by atoms with Gasteiger partial charge < -0.3 is 15.0 Å². The normalized spacial score (nSPS) is 14.3. The van der Waals surface area contributed by atoms with Gasteiger partial charge >= 0.3 is 0 Å². The van der Waals surface area contributed by atoms with E-state index in [9.17, 15) is 9.59 Å². The number of amides is 2. The number of aromatic nitrogens is 2. The summed E-state index contributed by atoms with van der Waals surface area (Å²) in [4.78, 5) is 27.7. The molecule has 2 heterocycles. The molecule has 1 N–H and O–H groups in total. The van der Waals surface area contributed by atoms with Crippen LogP contribution in [0.4, 0.5) is 0 Å². The van der Waals surface area contributed by atoms with Gasteiger partial charge in [0.05, 0.1) is 17.9 Å². The molecule has 0 radical (unpaired) electrons. The third kappa shape index (κ3) is 5.43. The highest BCUT2D eigenvalue weighted by Gasteiger charge is 2.30. The van der Waals surface area contributed by atoms with Crippen LogP contribution in [-0.2, 0) is 9.53 Å². The fourth-order valence-electron chi connectivity index (χ4n) is 4.00. The molecule has 0 bridgehead atoms. The highest BCUT2D eigenvalue weighted by molar-refractivity contribution is 6.30. The Labute approximate surface area is 198 Å². The minimum Gasteiger partial charge on any atom is -0.383 e. The van der Waals surface area contributed by atoms with E-state index in [0.717, 1.165) is 11.3 Å². The van der Waals surface area contributed by atoms with Crippen LogP contribution in [0.2, 0.25) is 5.02 Å². The van der Waals surface area contributed by atoms with Gasteiger partial charge in [-0.05, 0) is 37.1 Å². The number of benzene rings is 2. The highest BCUT2D eigenvalue weighted by atomic mass is 35.5. The van der Waals surface area contributed by atoms with Gasteiger partial charge in [0.2, 0.25) is 5.91 Å². The van der Waals surface area contributed by atoms with Crippen molar-refractivity contribution in [3.63, 3.8) is 0 Å². The molecular formula is C25H27ClN4O3. The Hall–Kier alpha value is -3.16. The summed E-state index contributed by atoms with van der Waals surface area (Å²) in [6.07, 6.45) is 3.05. The van der Waals surface area contributed by atoms with Crippen LogP contribution in [0.3, 0.4) is 0 Å². The van der Waals surface area contributed by atoms with E-state index < -0.39 is 0 Å². The van der Waals surface area contributed by atoms with Crippen LogP contribution in [0.5, 0.6) is 0 Å². The molecular weight excluding hydrogens is 440 g/mol. The Morgan fingerprint density at radius 1 is 1.09 bits per heavy atom. The van der Waals surface area contributed by atoms with Gasteiger partial charge in [0.1, 0.15) is 5.69 Å². The van der Waals surface area contributed by atoms with Gasteiger partial charge in [-0.25, -0.2) is 4.68 Å². The van der Waals surface area contributed by atoms with Gasteiger partial charge in [-0.1, -0.05) is 41.9 Å². The number of para-hydroxylation sites is 1. The number of carbonyl (C=O) groups is 2. The predicted molar refractivity (Wildman–Crippen MR) is 128 cm³/mol. The van der Waals surface area contributed by atoms with Crippen molar-refractivity contribution >= 4 is 23.4 Å². The monoisotopic (exact) mass is 466 g/mol. The van der Waals surface area contributed by atoms with E-state index in [1.165, 1.54) is 0 Å². The van der Waals surface area contributed by atoms with E-state index in [1.54, 1.807) is 30.1 Å². The summed E-state index contributed by atoms with van der Waals surface area (Å²) >= 11 is 6.06. The zero-order valence-corrected chi connectivity index (χ0v) is 19.3. The number of ether oxygens (including phenoxy) is 1. The van der Waals surface area contributed by atoms with Crippen LogP contribution in [-0.4, -0.2) is 59.8 Å². The predicted octanol–water partition coefficient (Wildman–Crippen LogP) is 3.81. The highest BCUT2D eigenvalue weighted by Crippen LogP contribution is 2.28. The largest absolute Gasteiger partial charge is 0.383 e. The molecule has 1 fully saturated rings. The maximum atomic E-state index is 13.5. The van der Waals surface area contributed by atoms with Crippen LogP contribution in [0.1, 0.15) is 23.2 Å². The van der Waals surface area contributed by atoms with E-state index >= 15 is 0 Å². The average molecular weight is 467 g/mol. The Bertz CT molecular complexity index is 1090.